The Morgan fingerprint density at radius 1 is 0.545 bits per heavy atom. The molecule has 0 radical (unpaired) electrons. The van der Waals surface area contributed by atoms with Crippen LogP contribution in [0.1, 0.15) is 89.5 Å². The van der Waals surface area contributed by atoms with Gasteiger partial charge in [0, 0.05) is 0 Å². The zero-order valence-corrected chi connectivity index (χ0v) is 29.2. The fraction of sp³-hybridized carbons (Fsp3) is 0.317. The zero-order valence-electron chi connectivity index (χ0n) is 26.2. The summed E-state index contributed by atoms with van der Waals surface area (Å²) in [5.74, 6) is 0. The van der Waals surface area contributed by atoms with Crippen LogP contribution in [0.2, 0.25) is 9.45 Å². The Bertz CT molecular complexity index is 1510. The van der Waals surface area contributed by atoms with Gasteiger partial charge in [-0.3, -0.25) is 0 Å². The fourth-order valence-corrected chi connectivity index (χ4v) is 18.4. The maximum Gasteiger partial charge on any atom is -1.00 e. The van der Waals surface area contributed by atoms with E-state index in [4.69, 9.17) is 0 Å². The van der Waals surface area contributed by atoms with Gasteiger partial charge in [0.05, 0.1) is 0 Å². The molecule has 0 aromatic heterocycles. The van der Waals surface area contributed by atoms with Gasteiger partial charge >= 0.3 is 258 Å². The molecule has 7 rings (SSSR count). The van der Waals surface area contributed by atoms with Crippen LogP contribution in [0.25, 0.3) is 34.4 Å². The van der Waals surface area contributed by atoms with Gasteiger partial charge in [0.2, 0.25) is 0 Å². The molecule has 3 aliphatic rings. The van der Waals surface area contributed by atoms with Crippen LogP contribution in [0.3, 0.4) is 0 Å². The summed E-state index contributed by atoms with van der Waals surface area (Å²) >= 11 is -2.50. The molecule has 3 heteroatoms. The summed E-state index contributed by atoms with van der Waals surface area (Å²) in [6.07, 6.45) is 14.4. The van der Waals surface area contributed by atoms with Gasteiger partial charge in [-0.25, -0.2) is 0 Å². The van der Waals surface area contributed by atoms with E-state index >= 15 is 0 Å². The van der Waals surface area contributed by atoms with Gasteiger partial charge in [0.15, 0.2) is 0 Å². The molecule has 0 N–H and O–H groups in total. The van der Waals surface area contributed by atoms with E-state index in [-0.39, 0.29) is 24.8 Å². The van der Waals surface area contributed by atoms with Gasteiger partial charge < -0.3 is 24.8 Å². The Morgan fingerprint density at radius 2 is 0.977 bits per heavy atom. The van der Waals surface area contributed by atoms with E-state index in [2.05, 4.69) is 123 Å². The van der Waals surface area contributed by atoms with Crippen LogP contribution in [0.5, 0.6) is 0 Å². The normalized spacial score (nSPS) is 18.3. The number of halogens is 2. The van der Waals surface area contributed by atoms with E-state index in [0.717, 1.165) is 0 Å². The van der Waals surface area contributed by atoms with Crippen LogP contribution in [0, 0.1) is 0 Å². The molecular weight excluding hydrogens is 611 g/mol. The van der Waals surface area contributed by atoms with Gasteiger partial charge in [-0.05, 0) is 0 Å². The third-order valence-corrected chi connectivity index (χ3v) is 20.3. The van der Waals surface area contributed by atoms with Crippen LogP contribution in [-0.2, 0) is 16.6 Å². The van der Waals surface area contributed by atoms with Gasteiger partial charge in [0.25, 0.3) is 0 Å². The first-order valence-electron chi connectivity index (χ1n) is 16.5. The summed E-state index contributed by atoms with van der Waals surface area (Å²) in [7, 11) is 0. The first-order valence-corrected chi connectivity index (χ1v) is 20.5. The molecule has 1 heterocycles. The first-order chi connectivity index (χ1) is 20.7. The van der Waals surface area contributed by atoms with Crippen LogP contribution >= 0.6 is 0 Å². The topological polar surface area (TPSA) is 0 Å². The summed E-state index contributed by atoms with van der Waals surface area (Å²) in [6, 6.07) is 36.8. The largest absolute Gasteiger partial charge is 1.00 e. The van der Waals surface area contributed by atoms with Crippen molar-refractivity contribution in [2.24, 2.45) is 0 Å². The smallest absolute Gasteiger partial charge is 1.00 e. The van der Waals surface area contributed by atoms with Crippen molar-refractivity contribution < 1.29 is 41.4 Å². The van der Waals surface area contributed by atoms with Crippen LogP contribution in [0.4, 0.5) is 0 Å². The molecular formula is C41H44Cl2Ti. The number of benzene rings is 4. The minimum atomic E-state index is -2.50. The average Bonchev–Trinajstić information content (AvgIpc) is 3.58. The van der Waals surface area contributed by atoms with Gasteiger partial charge in [-0.15, -0.1) is 0 Å². The molecule has 2 unspecified atom stereocenters. The molecule has 1 aliphatic heterocycles. The molecule has 0 bridgehead atoms. The van der Waals surface area contributed by atoms with Gasteiger partial charge in [-0.2, -0.15) is 0 Å². The van der Waals surface area contributed by atoms with Crippen molar-refractivity contribution in [3.8, 4) is 22.3 Å². The number of hydrogen-bond acceptors (Lipinski definition) is 0. The molecule has 0 saturated carbocycles. The Morgan fingerprint density at radius 3 is 1.34 bits per heavy atom. The molecule has 44 heavy (non-hydrogen) atoms. The standard InChI is InChI=1S/2C19H19.C3H6.2ClH.Ti/c2*1-2-3-8-15-13-17-11-7-12-18(19(17)14-15)16-9-5-4-6-10-16;1-3-2;;;/h2*4-7,9-14H,2-3,8H2,1H3;1-3H2;2*1H;/q;;;;;+2/p-2. The van der Waals surface area contributed by atoms with Gasteiger partial charge in [0.1, 0.15) is 0 Å². The maximum absolute atomic E-state index is 2.68. The van der Waals surface area contributed by atoms with E-state index < -0.39 is 16.6 Å². The molecule has 2 aliphatic carbocycles. The van der Waals surface area contributed by atoms with Crippen molar-refractivity contribution in [2.75, 3.05) is 0 Å². The van der Waals surface area contributed by atoms with E-state index in [0.29, 0.717) is 8.45 Å². The monoisotopic (exact) mass is 654 g/mol. The molecule has 0 spiro atoms. The summed E-state index contributed by atoms with van der Waals surface area (Å²) in [6.45, 7) is 4.72. The predicted molar refractivity (Wildman–Crippen MR) is 178 cm³/mol. The van der Waals surface area contributed by atoms with Gasteiger partial charge in [-0.1, -0.05) is 0 Å². The van der Waals surface area contributed by atoms with Crippen molar-refractivity contribution in [2.45, 2.75) is 76.7 Å². The summed E-state index contributed by atoms with van der Waals surface area (Å²) in [5.41, 5.74) is 15.5. The second-order valence-electron chi connectivity index (χ2n) is 12.9. The third-order valence-electron chi connectivity index (χ3n) is 10.5. The summed E-state index contributed by atoms with van der Waals surface area (Å²) in [4.78, 5) is 0. The number of unbranched alkanes of at least 4 members (excludes halogenated alkanes) is 2. The molecule has 2 atom stereocenters. The maximum atomic E-state index is 2.68. The van der Waals surface area contributed by atoms with Crippen LogP contribution < -0.4 is 24.8 Å². The number of rotatable bonds is 10. The first kappa shape index (κ1) is 33.0. The molecule has 1 saturated heterocycles. The van der Waals surface area contributed by atoms with Crippen molar-refractivity contribution in [1.29, 1.82) is 0 Å². The predicted octanol–water partition coefficient (Wildman–Crippen LogP) is 6.38. The minimum absolute atomic E-state index is 0. The average molecular weight is 656 g/mol. The third kappa shape index (κ3) is 5.73. The quantitative estimate of drug-likeness (QED) is 0.174. The van der Waals surface area contributed by atoms with Crippen molar-refractivity contribution in [3.05, 3.63) is 130 Å². The molecule has 1 fully saturated rings. The van der Waals surface area contributed by atoms with E-state index in [1.165, 1.54) is 87.8 Å². The minimum Gasteiger partial charge on any atom is -1.00 e. The fourth-order valence-electron chi connectivity index (χ4n) is 8.55. The Balaban J connectivity index is 0.00000192. The SMILES string of the molecule is CCCCC1=Cc2c(-c3ccccc3)cccc2[CH]1[Ti+2]1([CH]2C(CCCC)=Cc3c(-c4ccccc4)cccc32)[CH2]C[CH2]1.[Cl-].[Cl-]. The van der Waals surface area contributed by atoms with Crippen molar-refractivity contribution in [1.82, 2.24) is 0 Å². The van der Waals surface area contributed by atoms with Crippen molar-refractivity contribution >= 4 is 12.2 Å². The zero-order chi connectivity index (χ0) is 28.5. The Labute approximate surface area is 281 Å². The van der Waals surface area contributed by atoms with Crippen molar-refractivity contribution in [3.63, 3.8) is 0 Å². The molecule has 226 valence electrons. The Kier molecular flexibility index (Phi) is 10.8. The molecule has 4 aromatic carbocycles. The molecule has 4 aromatic rings. The number of hydrogen-bond donors (Lipinski definition) is 0. The number of allylic oxidation sites excluding steroid dienone is 2. The second kappa shape index (κ2) is 14.4. The van der Waals surface area contributed by atoms with Crippen LogP contribution in [0.15, 0.2) is 108 Å². The summed E-state index contributed by atoms with van der Waals surface area (Å²) < 4.78 is 4.38. The Hall–Kier alpha value is -2.35. The summed E-state index contributed by atoms with van der Waals surface area (Å²) in [5, 5.41) is 0. The van der Waals surface area contributed by atoms with E-state index in [9.17, 15) is 0 Å². The van der Waals surface area contributed by atoms with E-state index in [1.54, 1.807) is 22.3 Å². The number of fused-ring (bicyclic) bond motifs is 2. The molecule has 0 nitrogen and oxygen atoms in total. The second-order valence-corrected chi connectivity index (χ2v) is 20.2. The van der Waals surface area contributed by atoms with E-state index in [1.807, 2.05) is 0 Å². The van der Waals surface area contributed by atoms with Crippen LogP contribution in [-0.4, -0.2) is 0 Å². The molecule has 0 amide bonds.